The normalized spacial score (nSPS) is 12.4. The first-order valence-corrected chi connectivity index (χ1v) is 7.85. The minimum atomic E-state index is -0.782. The molecule has 1 unspecified atom stereocenters. The predicted octanol–water partition coefficient (Wildman–Crippen LogP) is 1.44. The standard InChI is InChI=1S/C17H30NO5/c1-7-18(8-2,9-10-22-16(20)13(3)4)11-15(19)12-23-17(21)14(5)6/h15,19H,3,5,7-12H2,1-2,4,6H3/q+1. The highest BCUT2D eigenvalue weighted by atomic mass is 16.5. The summed E-state index contributed by atoms with van der Waals surface area (Å²) in [5, 5.41) is 10.1. The van der Waals surface area contributed by atoms with Crippen LogP contribution in [-0.2, 0) is 19.1 Å². The fraction of sp³-hybridized carbons (Fsp3) is 0.647. The third kappa shape index (κ3) is 7.95. The summed E-state index contributed by atoms with van der Waals surface area (Å²) in [7, 11) is 0. The van der Waals surface area contributed by atoms with Gasteiger partial charge >= 0.3 is 11.9 Å². The number of likely N-dealkylation sites (N-methyl/N-ethyl adjacent to an activating group) is 1. The van der Waals surface area contributed by atoms with Crippen LogP contribution >= 0.6 is 0 Å². The lowest BCUT2D eigenvalue weighted by Crippen LogP contribution is -2.54. The number of rotatable bonds is 11. The number of quaternary nitrogens is 1. The van der Waals surface area contributed by atoms with E-state index in [1.807, 2.05) is 13.8 Å². The number of carbonyl (C=O) groups is 2. The summed E-state index contributed by atoms with van der Waals surface area (Å²) in [4.78, 5) is 22.8. The maximum absolute atomic E-state index is 11.4. The molecule has 0 aliphatic rings. The molecule has 0 saturated carbocycles. The predicted molar refractivity (Wildman–Crippen MR) is 88.6 cm³/mol. The van der Waals surface area contributed by atoms with E-state index in [0.717, 1.165) is 13.1 Å². The minimum absolute atomic E-state index is 0.0722. The topological polar surface area (TPSA) is 72.8 Å². The molecule has 1 N–H and O–H groups in total. The van der Waals surface area contributed by atoms with Crippen LogP contribution in [0.4, 0.5) is 0 Å². The zero-order valence-electron chi connectivity index (χ0n) is 14.8. The second-order valence-corrected chi connectivity index (χ2v) is 5.83. The summed E-state index contributed by atoms with van der Waals surface area (Å²) in [6, 6.07) is 0. The zero-order valence-corrected chi connectivity index (χ0v) is 14.8. The Morgan fingerprint density at radius 3 is 1.96 bits per heavy atom. The SMILES string of the molecule is C=C(C)C(=O)OCC[N+](CC)(CC)CC(O)COC(=O)C(=C)C. The van der Waals surface area contributed by atoms with E-state index in [9.17, 15) is 14.7 Å². The van der Waals surface area contributed by atoms with Gasteiger partial charge in [0, 0.05) is 11.1 Å². The molecule has 1 atom stereocenters. The summed E-state index contributed by atoms with van der Waals surface area (Å²) < 4.78 is 10.7. The van der Waals surface area contributed by atoms with Crippen molar-refractivity contribution in [3.8, 4) is 0 Å². The molecule has 0 bridgehead atoms. The maximum atomic E-state index is 11.4. The highest BCUT2D eigenvalue weighted by molar-refractivity contribution is 5.87. The Balaban J connectivity index is 4.51. The second kappa shape index (κ2) is 10.2. The van der Waals surface area contributed by atoms with E-state index in [0.29, 0.717) is 28.7 Å². The Bertz CT molecular complexity index is 440. The van der Waals surface area contributed by atoms with Crippen LogP contribution < -0.4 is 0 Å². The summed E-state index contributed by atoms with van der Waals surface area (Å²) in [6.45, 7) is 16.9. The molecular formula is C17H30NO5+. The number of carbonyl (C=O) groups excluding carboxylic acids is 2. The van der Waals surface area contributed by atoms with Crippen LogP contribution in [-0.4, -0.2) is 67.0 Å². The number of hydrogen-bond donors (Lipinski definition) is 1. The molecule has 132 valence electrons. The van der Waals surface area contributed by atoms with Gasteiger partial charge < -0.3 is 19.1 Å². The summed E-state index contributed by atoms with van der Waals surface area (Å²) in [5.74, 6) is -0.920. The summed E-state index contributed by atoms with van der Waals surface area (Å²) in [6.07, 6.45) is -0.782. The molecule has 0 saturated heterocycles. The van der Waals surface area contributed by atoms with Gasteiger partial charge in [-0.2, -0.15) is 0 Å². The van der Waals surface area contributed by atoms with Crippen molar-refractivity contribution in [1.29, 1.82) is 0 Å². The molecule has 6 nitrogen and oxygen atoms in total. The number of hydrogen-bond acceptors (Lipinski definition) is 5. The Labute approximate surface area is 139 Å². The zero-order chi connectivity index (χ0) is 18.0. The van der Waals surface area contributed by atoms with E-state index in [2.05, 4.69) is 13.2 Å². The van der Waals surface area contributed by atoms with Crippen LogP contribution in [0.1, 0.15) is 27.7 Å². The van der Waals surface area contributed by atoms with Crippen molar-refractivity contribution < 1.29 is 28.7 Å². The van der Waals surface area contributed by atoms with E-state index >= 15 is 0 Å². The Morgan fingerprint density at radius 1 is 1.04 bits per heavy atom. The highest BCUT2D eigenvalue weighted by Gasteiger charge is 2.28. The van der Waals surface area contributed by atoms with Crippen LogP contribution in [0.5, 0.6) is 0 Å². The quantitative estimate of drug-likeness (QED) is 0.353. The van der Waals surface area contributed by atoms with Crippen molar-refractivity contribution in [2.24, 2.45) is 0 Å². The van der Waals surface area contributed by atoms with Gasteiger partial charge in [-0.05, 0) is 27.7 Å². The molecular weight excluding hydrogens is 298 g/mol. The largest absolute Gasteiger partial charge is 0.459 e. The first kappa shape index (κ1) is 21.3. The smallest absolute Gasteiger partial charge is 0.333 e. The van der Waals surface area contributed by atoms with Gasteiger partial charge in [0.25, 0.3) is 0 Å². The molecule has 0 fully saturated rings. The van der Waals surface area contributed by atoms with E-state index in [-0.39, 0.29) is 13.2 Å². The molecule has 0 amide bonds. The molecule has 0 aromatic carbocycles. The van der Waals surface area contributed by atoms with Gasteiger partial charge in [-0.25, -0.2) is 9.59 Å². The van der Waals surface area contributed by atoms with E-state index in [1.165, 1.54) is 0 Å². The lowest BCUT2D eigenvalue weighted by atomic mass is 10.2. The Morgan fingerprint density at radius 2 is 1.52 bits per heavy atom. The fourth-order valence-electron chi connectivity index (χ4n) is 2.14. The van der Waals surface area contributed by atoms with Crippen molar-refractivity contribution in [2.45, 2.75) is 33.8 Å². The molecule has 0 heterocycles. The monoisotopic (exact) mass is 328 g/mol. The average molecular weight is 328 g/mol. The van der Waals surface area contributed by atoms with E-state index in [1.54, 1.807) is 13.8 Å². The summed E-state index contributed by atoms with van der Waals surface area (Å²) >= 11 is 0. The molecule has 0 radical (unpaired) electrons. The third-order valence-electron chi connectivity index (χ3n) is 3.84. The number of nitrogens with zero attached hydrogens (tertiary/aromatic N) is 1. The lowest BCUT2D eigenvalue weighted by molar-refractivity contribution is -0.927. The molecule has 0 aliphatic heterocycles. The summed E-state index contributed by atoms with van der Waals surface area (Å²) in [5.41, 5.74) is 0.665. The van der Waals surface area contributed by atoms with Crippen LogP contribution in [0.2, 0.25) is 0 Å². The van der Waals surface area contributed by atoms with Crippen LogP contribution in [0.3, 0.4) is 0 Å². The number of ether oxygens (including phenoxy) is 2. The van der Waals surface area contributed by atoms with Gasteiger partial charge in [-0.15, -0.1) is 0 Å². The van der Waals surface area contributed by atoms with Gasteiger partial charge in [-0.1, -0.05) is 13.2 Å². The van der Waals surface area contributed by atoms with E-state index < -0.39 is 18.0 Å². The van der Waals surface area contributed by atoms with Crippen LogP contribution in [0, 0.1) is 0 Å². The van der Waals surface area contributed by atoms with Gasteiger partial charge in [-0.3, -0.25) is 0 Å². The minimum Gasteiger partial charge on any atom is -0.459 e. The number of aliphatic hydroxyl groups excluding tert-OH is 1. The fourth-order valence-corrected chi connectivity index (χ4v) is 2.14. The second-order valence-electron chi connectivity index (χ2n) is 5.83. The van der Waals surface area contributed by atoms with Gasteiger partial charge in [0.05, 0.1) is 13.1 Å². The van der Waals surface area contributed by atoms with Crippen molar-refractivity contribution in [3.63, 3.8) is 0 Å². The van der Waals surface area contributed by atoms with Gasteiger partial charge in [0.15, 0.2) is 0 Å². The molecule has 0 rings (SSSR count). The van der Waals surface area contributed by atoms with Crippen molar-refractivity contribution in [2.75, 3.05) is 39.4 Å². The Kier molecular flexibility index (Phi) is 9.44. The van der Waals surface area contributed by atoms with Crippen LogP contribution in [0.25, 0.3) is 0 Å². The first-order chi connectivity index (χ1) is 10.7. The molecule has 6 heteroatoms. The van der Waals surface area contributed by atoms with Gasteiger partial charge in [0.2, 0.25) is 0 Å². The molecule has 0 aromatic heterocycles. The first-order valence-electron chi connectivity index (χ1n) is 7.85. The number of esters is 2. The molecule has 0 spiro atoms. The van der Waals surface area contributed by atoms with Crippen molar-refractivity contribution in [3.05, 3.63) is 24.3 Å². The molecule has 0 aromatic rings. The molecule has 0 aliphatic carbocycles. The van der Waals surface area contributed by atoms with Crippen molar-refractivity contribution >= 4 is 11.9 Å². The Hall–Kier alpha value is -1.66. The maximum Gasteiger partial charge on any atom is 0.333 e. The lowest BCUT2D eigenvalue weighted by Gasteiger charge is -2.38. The highest BCUT2D eigenvalue weighted by Crippen LogP contribution is 2.09. The molecule has 23 heavy (non-hydrogen) atoms. The average Bonchev–Trinajstić information content (AvgIpc) is 2.51. The van der Waals surface area contributed by atoms with Crippen LogP contribution in [0.15, 0.2) is 24.3 Å². The third-order valence-corrected chi connectivity index (χ3v) is 3.84. The van der Waals surface area contributed by atoms with E-state index in [4.69, 9.17) is 9.47 Å². The van der Waals surface area contributed by atoms with Gasteiger partial charge in [0.1, 0.15) is 32.4 Å². The number of aliphatic hydroxyl groups is 1. The van der Waals surface area contributed by atoms with Crippen molar-refractivity contribution in [1.82, 2.24) is 0 Å².